The van der Waals surface area contributed by atoms with Crippen molar-refractivity contribution in [2.75, 3.05) is 26.2 Å². The van der Waals surface area contributed by atoms with Crippen LogP contribution in [0.4, 0.5) is 0 Å². The van der Waals surface area contributed by atoms with Crippen LogP contribution < -0.4 is 10.6 Å². The molecule has 1 aromatic carbocycles. The molecule has 1 aromatic rings. The summed E-state index contributed by atoms with van der Waals surface area (Å²) in [6, 6.07) is 10.4. The van der Waals surface area contributed by atoms with E-state index in [0.29, 0.717) is 13.1 Å². The summed E-state index contributed by atoms with van der Waals surface area (Å²) in [5, 5.41) is 15.1. The first-order valence-electron chi connectivity index (χ1n) is 6.78. The van der Waals surface area contributed by atoms with E-state index in [1.807, 2.05) is 13.0 Å². The normalized spacial score (nSPS) is 12.3. The first-order chi connectivity index (χ1) is 9.10. The van der Waals surface area contributed by atoms with Crippen LogP contribution in [0, 0.1) is 0 Å². The SMILES string of the molecule is CCNC(=NCC(C)(C)c1ccccc1)NCCO. The van der Waals surface area contributed by atoms with Crippen LogP contribution in [0.15, 0.2) is 35.3 Å². The van der Waals surface area contributed by atoms with E-state index in [1.165, 1.54) is 5.56 Å². The monoisotopic (exact) mass is 263 g/mol. The smallest absolute Gasteiger partial charge is 0.191 e. The third-order valence-electron chi connectivity index (χ3n) is 2.94. The summed E-state index contributed by atoms with van der Waals surface area (Å²) >= 11 is 0. The van der Waals surface area contributed by atoms with Crippen LogP contribution in [0.5, 0.6) is 0 Å². The molecule has 0 saturated carbocycles. The van der Waals surface area contributed by atoms with Crippen LogP contribution in [0.2, 0.25) is 0 Å². The van der Waals surface area contributed by atoms with E-state index in [0.717, 1.165) is 12.5 Å². The Kier molecular flexibility index (Phi) is 6.36. The van der Waals surface area contributed by atoms with Crippen LogP contribution in [0.25, 0.3) is 0 Å². The number of nitrogens with zero attached hydrogens (tertiary/aromatic N) is 1. The molecule has 0 aliphatic carbocycles. The van der Waals surface area contributed by atoms with Crippen molar-refractivity contribution in [2.24, 2.45) is 4.99 Å². The highest BCUT2D eigenvalue weighted by molar-refractivity contribution is 5.79. The van der Waals surface area contributed by atoms with E-state index in [1.54, 1.807) is 0 Å². The number of hydrogen-bond donors (Lipinski definition) is 3. The van der Waals surface area contributed by atoms with Crippen molar-refractivity contribution < 1.29 is 5.11 Å². The van der Waals surface area contributed by atoms with E-state index < -0.39 is 0 Å². The lowest BCUT2D eigenvalue weighted by Crippen LogP contribution is -2.39. The largest absolute Gasteiger partial charge is 0.395 e. The third-order valence-corrected chi connectivity index (χ3v) is 2.94. The predicted molar refractivity (Wildman–Crippen MR) is 80.5 cm³/mol. The minimum Gasteiger partial charge on any atom is -0.395 e. The molecule has 19 heavy (non-hydrogen) atoms. The van der Waals surface area contributed by atoms with Gasteiger partial charge in [0.1, 0.15) is 0 Å². The van der Waals surface area contributed by atoms with Crippen molar-refractivity contribution in [3.8, 4) is 0 Å². The molecule has 0 spiro atoms. The lowest BCUT2D eigenvalue weighted by Gasteiger charge is -2.23. The summed E-state index contributed by atoms with van der Waals surface area (Å²) in [6.07, 6.45) is 0. The van der Waals surface area contributed by atoms with Gasteiger partial charge in [0.2, 0.25) is 0 Å². The summed E-state index contributed by atoms with van der Waals surface area (Å²) in [5.41, 5.74) is 1.26. The Morgan fingerprint density at radius 2 is 1.89 bits per heavy atom. The molecule has 4 heteroatoms. The lowest BCUT2D eigenvalue weighted by molar-refractivity contribution is 0.300. The zero-order valence-corrected chi connectivity index (χ0v) is 12.1. The molecule has 0 bridgehead atoms. The Balaban J connectivity index is 2.69. The molecule has 0 aromatic heterocycles. The van der Waals surface area contributed by atoms with E-state index >= 15 is 0 Å². The van der Waals surface area contributed by atoms with Gasteiger partial charge >= 0.3 is 0 Å². The summed E-state index contributed by atoms with van der Waals surface area (Å²) < 4.78 is 0. The van der Waals surface area contributed by atoms with Crippen LogP contribution >= 0.6 is 0 Å². The second-order valence-corrected chi connectivity index (χ2v) is 5.10. The second-order valence-electron chi connectivity index (χ2n) is 5.10. The summed E-state index contributed by atoms with van der Waals surface area (Å²) in [5.74, 6) is 0.751. The first kappa shape index (κ1) is 15.5. The number of aliphatic hydroxyl groups excluding tert-OH is 1. The number of aliphatic hydroxyl groups is 1. The van der Waals surface area contributed by atoms with E-state index in [9.17, 15) is 0 Å². The van der Waals surface area contributed by atoms with Crippen LogP contribution in [-0.4, -0.2) is 37.3 Å². The highest BCUT2D eigenvalue weighted by Crippen LogP contribution is 2.22. The molecule has 0 unspecified atom stereocenters. The fourth-order valence-electron chi connectivity index (χ4n) is 1.77. The number of guanidine groups is 1. The van der Waals surface area contributed by atoms with Gasteiger partial charge in [-0.3, -0.25) is 4.99 Å². The number of benzene rings is 1. The first-order valence-corrected chi connectivity index (χ1v) is 6.78. The summed E-state index contributed by atoms with van der Waals surface area (Å²) in [6.45, 7) is 8.51. The molecule has 106 valence electrons. The molecule has 0 aliphatic rings. The van der Waals surface area contributed by atoms with Gasteiger partial charge in [-0.1, -0.05) is 44.2 Å². The van der Waals surface area contributed by atoms with Crippen LogP contribution in [0.3, 0.4) is 0 Å². The van der Waals surface area contributed by atoms with Gasteiger partial charge in [0.25, 0.3) is 0 Å². The van der Waals surface area contributed by atoms with Gasteiger partial charge < -0.3 is 15.7 Å². The Labute approximate surface area is 116 Å². The average Bonchev–Trinajstić information content (AvgIpc) is 2.43. The quantitative estimate of drug-likeness (QED) is 0.539. The molecular weight excluding hydrogens is 238 g/mol. The van der Waals surface area contributed by atoms with E-state index in [-0.39, 0.29) is 12.0 Å². The Hall–Kier alpha value is -1.55. The molecule has 0 aliphatic heterocycles. The zero-order chi connectivity index (χ0) is 14.1. The molecule has 0 saturated heterocycles. The standard InChI is InChI=1S/C15H25N3O/c1-4-16-14(17-10-11-19)18-12-15(2,3)13-8-6-5-7-9-13/h5-9,19H,4,10-12H2,1-3H3,(H2,16,17,18). The molecule has 3 N–H and O–H groups in total. The highest BCUT2D eigenvalue weighted by Gasteiger charge is 2.19. The van der Waals surface area contributed by atoms with Gasteiger partial charge in [0.05, 0.1) is 13.2 Å². The van der Waals surface area contributed by atoms with Crippen LogP contribution in [0.1, 0.15) is 26.3 Å². The molecule has 4 nitrogen and oxygen atoms in total. The van der Waals surface area contributed by atoms with Crippen molar-refractivity contribution >= 4 is 5.96 Å². The van der Waals surface area contributed by atoms with Crippen LogP contribution in [-0.2, 0) is 5.41 Å². The van der Waals surface area contributed by atoms with Crippen molar-refractivity contribution in [3.05, 3.63) is 35.9 Å². The van der Waals surface area contributed by atoms with Gasteiger partial charge in [-0.25, -0.2) is 0 Å². The Morgan fingerprint density at radius 3 is 2.47 bits per heavy atom. The maximum atomic E-state index is 8.84. The van der Waals surface area contributed by atoms with Crippen molar-refractivity contribution in [2.45, 2.75) is 26.2 Å². The predicted octanol–water partition coefficient (Wildman–Crippen LogP) is 1.51. The molecule has 1 rings (SSSR count). The van der Waals surface area contributed by atoms with Gasteiger partial charge in [0, 0.05) is 18.5 Å². The number of hydrogen-bond acceptors (Lipinski definition) is 2. The fraction of sp³-hybridized carbons (Fsp3) is 0.533. The minimum atomic E-state index is -0.0111. The maximum Gasteiger partial charge on any atom is 0.191 e. The average molecular weight is 263 g/mol. The van der Waals surface area contributed by atoms with Gasteiger partial charge in [-0.2, -0.15) is 0 Å². The number of nitrogens with one attached hydrogen (secondary N) is 2. The summed E-state index contributed by atoms with van der Waals surface area (Å²) in [7, 11) is 0. The zero-order valence-electron chi connectivity index (χ0n) is 12.1. The lowest BCUT2D eigenvalue weighted by atomic mass is 9.85. The molecular formula is C15H25N3O. The molecule has 0 heterocycles. The number of aliphatic imine (C=N–C) groups is 1. The summed E-state index contributed by atoms with van der Waals surface area (Å²) in [4.78, 5) is 4.58. The molecule has 0 fully saturated rings. The topological polar surface area (TPSA) is 56.7 Å². The van der Waals surface area contributed by atoms with Crippen molar-refractivity contribution in [1.82, 2.24) is 10.6 Å². The maximum absolute atomic E-state index is 8.84. The molecule has 0 radical (unpaired) electrons. The van der Waals surface area contributed by atoms with E-state index in [4.69, 9.17) is 5.11 Å². The van der Waals surface area contributed by atoms with Crippen molar-refractivity contribution in [3.63, 3.8) is 0 Å². The Morgan fingerprint density at radius 1 is 1.21 bits per heavy atom. The molecule has 0 atom stereocenters. The molecule has 0 amide bonds. The Bertz CT molecular complexity index is 388. The fourth-order valence-corrected chi connectivity index (χ4v) is 1.77. The minimum absolute atomic E-state index is 0.0111. The van der Waals surface area contributed by atoms with Gasteiger partial charge in [-0.05, 0) is 12.5 Å². The number of rotatable bonds is 6. The van der Waals surface area contributed by atoms with E-state index in [2.05, 4.69) is 53.7 Å². The highest BCUT2D eigenvalue weighted by atomic mass is 16.3. The van der Waals surface area contributed by atoms with Gasteiger partial charge in [0.15, 0.2) is 5.96 Å². The third kappa shape index (κ3) is 5.30. The second kappa shape index (κ2) is 7.79. The van der Waals surface area contributed by atoms with Gasteiger partial charge in [-0.15, -0.1) is 0 Å². The van der Waals surface area contributed by atoms with Crippen molar-refractivity contribution in [1.29, 1.82) is 0 Å².